The third kappa shape index (κ3) is 2.22. The first-order valence-electron chi connectivity index (χ1n) is 3.71. The smallest absolute Gasteiger partial charge is 0.265 e. The molecule has 0 aliphatic heterocycles. The number of hydrogen-bond donors (Lipinski definition) is 0. The van der Waals surface area contributed by atoms with Gasteiger partial charge in [-0.2, -0.15) is 0 Å². The Morgan fingerprint density at radius 3 is 2.36 bits per heavy atom. The molecular weight excluding hydrogens is 233 g/mol. The molecule has 0 radical (unpaired) electrons. The highest BCUT2D eigenvalue weighted by molar-refractivity contribution is 6.36. The summed E-state index contributed by atoms with van der Waals surface area (Å²) in [5, 5.41) is -0.146. The summed E-state index contributed by atoms with van der Waals surface area (Å²) in [6.07, 6.45) is -2.74. The van der Waals surface area contributed by atoms with E-state index in [1.54, 1.807) is 0 Å². The molecule has 0 aliphatic rings. The van der Waals surface area contributed by atoms with Crippen molar-refractivity contribution in [2.45, 2.75) is 13.3 Å². The molecule has 0 unspecified atom stereocenters. The van der Waals surface area contributed by atoms with Crippen molar-refractivity contribution in [2.24, 2.45) is 0 Å². The van der Waals surface area contributed by atoms with Crippen molar-refractivity contribution in [3.05, 3.63) is 33.3 Å². The molecule has 0 bridgehead atoms. The van der Waals surface area contributed by atoms with Crippen molar-refractivity contribution < 1.29 is 13.6 Å². The SMILES string of the molecule is CC(=O)c1cc(Cl)cc(C(F)F)c1Cl. The van der Waals surface area contributed by atoms with Crippen LogP contribution < -0.4 is 0 Å². The lowest BCUT2D eigenvalue weighted by molar-refractivity contribution is 0.101. The Bertz CT molecular complexity index is 377. The molecule has 1 aromatic carbocycles. The van der Waals surface area contributed by atoms with E-state index in [0.29, 0.717) is 0 Å². The van der Waals surface area contributed by atoms with Crippen molar-refractivity contribution >= 4 is 29.0 Å². The maximum absolute atomic E-state index is 12.4. The molecular formula is C9H6Cl2F2O. The minimum Gasteiger partial charge on any atom is -0.294 e. The van der Waals surface area contributed by atoms with Crippen molar-refractivity contribution in [2.75, 3.05) is 0 Å². The summed E-state index contributed by atoms with van der Waals surface area (Å²) in [4.78, 5) is 11.0. The van der Waals surface area contributed by atoms with Gasteiger partial charge in [-0.05, 0) is 19.1 Å². The molecule has 76 valence electrons. The lowest BCUT2D eigenvalue weighted by Gasteiger charge is -2.07. The van der Waals surface area contributed by atoms with E-state index in [2.05, 4.69) is 0 Å². The Labute approximate surface area is 89.6 Å². The van der Waals surface area contributed by atoms with E-state index < -0.39 is 12.0 Å². The highest BCUT2D eigenvalue weighted by atomic mass is 35.5. The molecule has 0 atom stereocenters. The number of Topliss-reactive ketones (excluding diaryl/α,β-unsaturated/α-hetero) is 1. The Kier molecular flexibility index (Phi) is 3.45. The zero-order valence-corrected chi connectivity index (χ0v) is 8.66. The van der Waals surface area contributed by atoms with E-state index >= 15 is 0 Å². The Morgan fingerprint density at radius 2 is 1.93 bits per heavy atom. The Hall–Kier alpha value is -0.670. The fourth-order valence-electron chi connectivity index (χ4n) is 1.03. The number of carbonyl (C=O) groups is 1. The van der Waals surface area contributed by atoms with Gasteiger partial charge in [0, 0.05) is 16.1 Å². The number of ketones is 1. The Balaban J connectivity index is 3.40. The van der Waals surface area contributed by atoms with E-state index in [-0.39, 0.29) is 21.4 Å². The van der Waals surface area contributed by atoms with E-state index in [1.807, 2.05) is 0 Å². The van der Waals surface area contributed by atoms with E-state index in [0.717, 1.165) is 6.07 Å². The number of carbonyl (C=O) groups excluding carboxylic acids is 1. The Morgan fingerprint density at radius 1 is 1.36 bits per heavy atom. The van der Waals surface area contributed by atoms with Crippen molar-refractivity contribution in [1.82, 2.24) is 0 Å². The normalized spacial score (nSPS) is 10.7. The van der Waals surface area contributed by atoms with Crippen LogP contribution in [0, 0.1) is 0 Å². The van der Waals surface area contributed by atoms with Gasteiger partial charge < -0.3 is 0 Å². The second-order valence-electron chi connectivity index (χ2n) is 2.71. The summed E-state index contributed by atoms with van der Waals surface area (Å²) in [5.74, 6) is -0.389. The van der Waals surface area contributed by atoms with Crippen LogP contribution in [0.2, 0.25) is 10.0 Å². The molecule has 1 rings (SSSR count). The molecule has 0 aromatic heterocycles. The van der Waals surface area contributed by atoms with Crippen LogP contribution >= 0.6 is 23.2 Å². The number of rotatable bonds is 2. The van der Waals surface area contributed by atoms with Gasteiger partial charge in [0.25, 0.3) is 6.43 Å². The summed E-state index contributed by atoms with van der Waals surface area (Å²) in [7, 11) is 0. The summed E-state index contributed by atoms with van der Waals surface area (Å²) < 4.78 is 24.8. The van der Waals surface area contributed by atoms with E-state index in [1.165, 1.54) is 13.0 Å². The first-order chi connectivity index (χ1) is 6.43. The summed E-state index contributed by atoms with van der Waals surface area (Å²) in [5.41, 5.74) is -0.390. The van der Waals surface area contributed by atoms with Gasteiger partial charge in [0.2, 0.25) is 0 Å². The van der Waals surface area contributed by atoms with E-state index in [4.69, 9.17) is 23.2 Å². The zero-order valence-electron chi connectivity index (χ0n) is 7.15. The minimum absolute atomic E-state index is 0.0227. The van der Waals surface area contributed by atoms with Gasteiger partial charge in [0.05, 0.1) is 5.02 Å². The van der Waals surface area contributed by atoms with Crippen LogP contribution in [0.3, 0.4) is 0 Å². The van der Waals surface area contributed by atoms with Gasteiger partial charge in [-0.15, -0.1) is 0 Å². The molecule has 0 aliphatic carbocycles. The lowest BCUT2D eigenvalue weighted by atomic mass is 10.1. The molecule has 0 saturated carbocycles. The van der Waals surface area contributed by atoms with Gasteiger partial charge in [-0.25, -0.2) is 8.78 Å². The topological polar surface area (TPSA) is 17.1 Å². The van der Waals surface area contributed by atoms with Gasteiger partial charge in [-0.1, -0.05) is 23.2 Å². The van der Waals surface area contributed by atoms with Crippen LogP contribution in [0.15, 0.2) is 12.1 Å². The molecule has 0 saturated heterocycles. The molecule has 0 fully saturated rings. The molecule has 1 aromatic rings. The maximum atomic E-state index is 12.4. The lowest BCUT2D eigenvalue weighted by Crippen LogP contribution is -1.97. The molecule has 0 spiro atoms. The van der Waals surface area contributed by atoms with Crippen molar-refractivity contribution in [3.8, 4) is 0 Å². The number of hydrogen-bond acceptors (Lipinski definition) is 1. The number of benzene rings is 1. The third-order valence-corrected chi connectivity index (χ3v) is 2.32. The van der Waals surface area contributed by atoms with Crippen LogP contribution in [0.5, 0.6) is 0 Å². The molecule has 1 nitrogen and oxygen atoms in total. The maximum Gasteiger partial charge on any atom is 0.265 e. The molecule has 14 heavy (non-hydrogen) atoms. The number of alkyl halides is 2. The largest absolute Gasteiger partial charge is 0.294 e. The van der Waals surface area contributed by atoms with Crippen molar-refractivity contribution in [1.29, 1.82) is 0 Å². The average Bonchev–Trinajstić information content (AvgIpc) is 2.07. The first-order valence-corrected chi connectivity index (χ1v) is 4.47. The van der Waals surface area contributed by atoms with E-state index in [9.17, 15) is 13.6 Å². The molecule has 0 heterocycles. The molecule has 0 N–H and O–H groups in total. The van der Waals surface area contributed by atoms with Gasteiger partial charge >= 0.3 is 0 Å². The van der Waals surface area contributed by atoms with Crippen LogP contribution in [0.4, 0.5) is 8.78 Å². The summed E-state index contributed by atoms with van der Waals surface area (Å²) >= 11 is 11.2. The standard InChI is InChI=1S/C9H6Cl2F2O/c1-4(14)6-2-5(10)3-7(8(6)11)9(12)13/h2-3,9H,1H3. The van der Waals surface area contributed by atoms with Crippen LogP contribution in [0.1, 0.15) is 29.3 Å². The molecule has 0 amide bonds. The summed E-state index contributed by atoms with van der Waals surface area (Å²) in [6.45, 7) is 1.24. The minimum atomic E-state index is -2.74. The quantitative estimate of drug-likeness (QED) is 0.709. The highest BCUT2D eigenvalue weighted by Crippen LogP contribution is 2.32. The first kappa shape index (κ1) is 11.4. The van der Waals surface area contributed by atoms with Gasteiger partial charge in [-0.3, -0.25) is 4.79 Å². The number of halogens is 4. The second-order valence-corrected chi connectivity index (χ2v) is 3.53. The monoisotopic (exact) mass is 238 g/mol. The summed E-state index contributed by atoms with van der Waals surface area (Å²) in [6, 6.07) is 2.33. The average molecular weight is 239 g/mol. The third-order valence-electron chi connectivity index (χ3n) is 1.68. The predicted octanol–water partition coefficient (Wildman–Crippen LogP) is 4.13. The van der Waals surface area contributed by atoms with Gasteiger partial charge in [0.15, 0.2) is 5.78 Å². The molecule has 5 heteroatoms. The fourth-order valence-corrected chi connectivity index (χ4v) is 1.58. The van der Waals surface area contributed by atoms with Crippen LogP contribution in [-0.4, -0.2) is 5.78 Å². The highest BCUT2D eigenvalue weighted by Gasteiger charge is 2.18. The zero-order chi connectivity index (χ0) is 10.9. The van der Waals surface area contributed by atoms with Crippen molar-refractivity contribution in [3.63, 3.8) is 0 Å². The van der Waals surface area contributed by atoms with Crippen LogP contribution in [-0.2, 0) is 0 Å². The second kappa shape index (κ2) is 4.24. The fraction of sp³-hybridized carbons (Fsp3) is 0.222. The van der Waals surface area contributed by atoms with Crippen LogP contribution in [0.25, 0.3) is 0 Å². The van der Waals surface area contributed by atoms with Gasteiger partial charge in [0.1, 0.15) is 0 Å². The predicted molar refractivity (Wildman–Crippen MR) is 51.4 cm³/mol.